The number of aliphatic hydroxyl groups is 1. The number of benzene rings is 5. The second kappa shape index (κ2) is 35.0. The van der Waals surface area contributed by atoms with Crippen LogP contribution in [0.15, 0.2) is 214 Å². The van der Waals surface area contributed by atoms with Crippen LogP contribution in [0.2, 0.25) is 0 Å². The van der Waals surface area contributed by atoms with Crippen molar-refractivity contribution in [1.82, 2.24) is 64.3 Å². The summed E-state index contributed by atoms with van der Waals surface area (Å²) in [5, 5.41) is 19.7. The van der Waals surface area contributed by atoms with Gasteiger partial charge in [-0.15, -0.1) is 0 Å². The van der Waals surface area contributed by atoms with Gasteiger partial charge >= 0.3 is 6.18 Å². The van der Waals surface area contributed by atoms with Gasteiger partial charge in [-0.05, 0) is 182 Å². The van der Waals surface area contributed by atoms with Gasteiger partial charge < -0.3 is 29.7 Å². The van der Waals surface area contributed by atoms with Crippen molar-refractivity contribution in [2.75, 3.05) is 0 Å². The average Bonchev–Trinajstić information content (AvgIpc) is 1.52. The predicted molar refractivity (Wildman–Crippen MR) is 412 cm³/mol. The van der Waals surface area contributed by atoms with Gasteiger partial charge in [-0.25, -0.2) is 49.5 Å². The quantitative estimate of drug-likeness (QED) is 0.0309. The monoisotopic (exact) mass is 1650 g/mol. The molecule has 32 heteroatoms. The lowest BCUT2D eigenvalue weighted by Crippen LogP contribution is -2.35. The van der Waals surface area contributed by atoms with E-state index in [-0.39, 0.29) is 83.4 Å². The molecular formula is C88H69F14N13O5. The maximum Gasteiger partial charge on any atom is 0.434 e. The number of H-pyrrole nitrogens is 1. The van der Waals surface area contributed by atoms with E-state index in [4.69, 9.17) is 0 Å². The molecule has 4 N–H and O–H groups in total. The summed E-state index contributed by atoms with van der Waals surface area (Å²) in [6.07, 6.45) is 7.63. The maximum absolute atomic E-state index is 15.1. The number of hydrogen-bond donors (Lipinski definition) is 4. The van der Waals surface area contributed by atoms with E-state index in [0.717, 1.165) is 62.7 Å². The lowest BCUT2D eigenvalue weighted by Gasteiger charge is -2.22. The minimum Gasteiger partial charge on any atom is -0.388 e. The summed E-state index contributed by atoms with van der Waals surface area (Å²) in [6, 6.07) is 35.2. The summed E-state index contributed by atoms with van der Waals surface area (Å²) >= 11 is 0. The minimum atomic E-state index is -4.79. The fourth-order valence-corrected chi connectivity index (χ4v) is 15.3. The van der Waals surface area contributed by atoms with Crippen molar-refractivity contribution >= 4 is 39.9 Å². The Morgan fingerprint density at radius 1 is 0.617 bits per heavy atom. The Kier molecular flexibility index (Phi) is 24.3. The molecule has 0 spiro atoms. The zero-order valence-electron chi connectivity index (χ0n) is 63.4. The van der Waals surface area contributed by atoms with Crippen molar-refractivity contribution in [3.63, 3.8) is 0 Å². The van der Waals surface area contributed by atoms with E-state index < -0.39 is 132 Å². The van der Waals surface area contributed by atoms with Crippen LogP contribution in [-0.4, -0.2) is 82.1 Å². The molecule has 614 valence electrons. The normalized spacial score (nSPS) is 14.6. The van der Waals surface area contributed by atoms with E-state index in [2.05, 4.69) is 50.6 Å². The molecule has 2 aliphatic rings. The Labute approximate surface area is 674 Å². The third-order valence-electron chi connectivity index (χ3n) is 20.5. The molecule has 1 fully saturated rings. The fourth-order valence-electron chi connectivity index (χ4n) is 15.3. The predicted octanol–water partition coefficient (Wildman–Crippen LogP) is 18.0. The van der Waals surface area contributed by atoms with Gasteiger partial charge in [0.25, 0.3) is 12.3 Å². The number of hydrogen-bond acceptors (Lipinski definition) is 12. The van der Waals surface area contributed by atoms with Crippen LogP contribution in [0.3, 0.4) is 0 Å². The second-order valence-electron chi connectivity index (χ2n) is 29.1. The van der Waals surface area contributed by atoms with E-state index in [0.29, 0.717) is 79.7 Å². The first-order chi connectivity index (χ1) is 57.4. The first-order valence-electron chi connectivity index (χ1n) is 37.4. The summed E-state index contributed by atoms with van der Waals surface area (Å²) < 4.78 is 199. The standard InChI is InChI=1S/C30H22F6N6O.C29H23F6N3O3.C29H24F2N4O/c31-17-8-15(9-18(32)11-17)10-22(26-19(2-1-5-38-26)16-3-4-23-37-6-7-41(23)13-16)39-24(43)14-42-28-25(27(40-42)29(33)34)20-12-21(20)30(28,35)36;1-16(40)24-11-18(4-5-25(24)32)23-3-2-6-36-28(23)19(7-17-8-20(30)12-21(31)9-17)10-22(41)13-38-14-26(29(33,34)35)37-27(38)15-39;1-18-10-19(12-23(31)11-18)13-27(29-24(5-3-9-33-29)20-4-2-8-32-16-20)35-28(36)14-21-17-34-26-7-6-22(30)15-25(21)26/h1-9,11,13,20-22,29H,10,12,14H2,(H,39,43);2-6,8-9,11-12,14,19,39H,7,10,13,15H2,1H3;2-12,15-17,27,34H,13-14H2,1H3,(H,35,36)/t20?,21?,22-;19-;27-/m010/s1. The van der Waals surface area contributed by atoms with E-state index >= 15 is 8.78 Å². The number of fused-ring (bicyclic) bond motifs is 5. The highest BCUT2D eigenvalue weighted by molar-refractivity contribution is 5.96. The summed E-state index contributed by atoms with van der Waals surface area (Å²) in [6.45, 7) is 0.857. The Morgan fingerprint density at radius 2 is 1.22 bits per heavy atom. The number of alkyl halides is 7. The molecule has 2 aliphatic carbocycles. The van der Waals surface area contributed by atoms with Crippen LogP contribution in [0.5, 0.6) is 0 Å². The largest absolute Gasteiger partial charge is 0.434 e. The van der Waals surface area contributed by atoms with Gasteiger partial charge in [0, 0.05) is 137 Å². The summed E-state index contributed by atoms with van der Waals surface area (Å²) in [7, 11) is 0. The number of aromatic nitrogens is 11. The number of carbonyl (C=O) groups excluding carboxylic acids is 4. The van der Waals surface area contributed by atoms with Gasteiger partial charge in [-0.2, -0.15) is 27.1 Å². The molecule has 120 heavy (non-hydrogen) atoms. The van der Waals surface area contributed by atoms with Crippen molar-refractivity contribution in [3.05, 3.63) is 333 Å². The van der Waals surface area contributed by atoms with Gasteiger partial charge in [-0.1, -0.05) is 36.4 Å². The number of halogens is 14. The van der Waals surface area contributed by atoms with Crippen LogP contribution >= 0.6 is 0 Å². The average molecular weight is 1650 g/mol. The van der Waals surface area contributed by atoms with Gasteiger partial charge in [0.05, 0.1) is 47.7 Å². The number of imidazole rings is 2. The molecule has 2 unspecified atom stereocenters. The van der Waals surface area contributed by atoms with Crippen molar-refractivity contribution in [2.24, 2.45) is 5.92 Å². The molecule has 16 rings (SSSR count). The highest BCUT2D eigenvalue weighted by atomic mass is 19.4. The van der Waals surface area contributed by atoms with Crippen molar-refractivity contribution < 1.29 is 85.8 Å². The van der Waals surface area contributed by atoms with E-state index in [1.807, 2.05) is 37.3 Å². The third kappa shape index (κ3) is 18.9. The first-order valence-corrected chi connectivity index (χ1v) is 37.4. The molecule has 2 amide bonds. The summed E-state index contributed by atoms with van der Waals surface area (Å²) in [5.74, 6) is -13.3. The highest BCUT2D eigenvalue weighted by Gasteiger charge is 2.67. The number of aromatic amines is 1. The van der Waals surface area contributed by atoms with Gasteiger partial charge in [0.15, 0.2) is 17.3 Å². The van der Waals surface area contributed by atoms with Crippen molar-refractivity contribution in [2.45, 2.75) is 115 Å². The van der Waals surface area contributed by atoms with Crippen molar-refractivity contribution in [3.8, 4) is 33.4 Å². The minimum absolute atomic E-state index is 0.0528. The van der Waals surface area contributed by atoms with Crippen LogP contribution in [0.25, 0.3) is 49.9 Å². The Hall–Kier alpha value is -13.4. The topological polar surface area (TPSA) is 233 Å². The van der Waals surface area contributed by atoms with Gasteiger partial charge in [0.1, 0.15) is 76.7 Å². The molecule has 0 radical (unpaired) electrons. The molecule has 1 saturated carbocycles. The number of rotatable bonds is 25. The first kappa shape index (κ1) is 83.1. The van der Waals surface area contributed by atoms with Crippen molar-refractivity contribution in [1.29, 1.82) is 0 Å². The molecule has 18 nitrogen and oxygen atoms in total. The van der Waals surface area contributed by atoms with Crippen LogP contribution in [0.4, 0.5) is 61.5 Å². The number of carbonyl (C=O) groups is 4. The number of amides is 2. The molecule has 0 saturated heterocycles. The van der Waals surface area contributed by atoms with E-state index in [1.165, 1.54) is 55.7 Å². The number of pyridine rings is 5. The van der Waals surface area contributed by atoms with E-state index in [1.54, 1.807) is 90.2 Å². The van der Waals surface area contributed by atoms with Crippen LogP contribution in [0, 0.1) is 53.6 Å². The summed E-state index contributed by atoms with van der Waals surface area (Å²) in [5.41, 5.74) is 6.15. The van der Waals surface area contributed by atoms with Crippen LogP contribution < -0.4 is 10.6 Å². The second-order valence-corrected chi connectivity index (χ2v) is 29.1. The molecule has 5 aromatic carbocycles. The molecule has 9 aromatic heterocycles. The number of Topliss-reactive ketones (excluding diaryl/α,β-unsaturated/α-hetero) is 2. The van der Waals surface area contributed by atoms with E-state index in [9.17, 15) is 77.0 Å². The highest BCUT2D eigenvalue weighted by Crippen LogP contribution is 2.68. The smallest absolute Gasteiger partial charge is 0.388 e. The molecule has 5 atom stereocenters. The van der Waals surface area contributed by atoms with Gasteiger partial charge in [0.2, 0.25) is 11.8 Å². The number of aryl methyl sites for hydroxylation is 1. The Balaban J connectivity index is 0.000000148. The van der Waals surface area contributed by atoms with Crippen LogP contribution in [0.1, 0.15) is 134 Å². The Bertz CT molecular complexity index is 6130. The third-order valence-corrected chi connectivity index (χ3v) is 20.5. The molecule has 0 aliphatic heterocycles. The lowest BCUT2D eigenvalue weighted by atomic mass is 9.86. The molecule has 0 bridgehead atoms. The van der Waals surface area contributed by atoms with Gasteiger partial charge in [-0.3, -0.25) is 43.8 Å². The molecule has 9 heterocycles. The SMILES string of the molecule is CC(=O)c1cc(-c2cccnc2[C@@H](CC(=O)Cn2cc(C(F)(F)F)nc2CO)Cc2cc(F)cc(F)c2)ccc1F.Cc1cc(F)cc(C[C@H](NC(=O)Cc2c[nH]c3ccc(F)cc23)c2ncccc2-c2cccnc2)c1.O=C(Cn1nc(C(F)F)c2c1C(F)(F)C1CC21)N[C@@H](Cc1cc(F)cc(F)c1)c1ncccc1-c1ccc2nccn2c1. The fraction of sp³-hybridized carbons (Fsp3) is 0.216. The summed E-state index contributed by atoms with van der Waals surface area (Å²) in [4.78, 5) is 80.2. The number of ketones is 2. The van der Waals surface area contributed by atoms with Crippen LogP contribution in [-0.2, 0) is 71.9 Å². The maximum atomic E-state index is 15.1. The lowest BCUT2D eigenvalue weighted by molar-refractivity contribution is -0.141. The number of aliphatic hydroxyl groups excluding tert-OH is 1. The zero-order valence-corrected chi connectivity index (χ0v) is 63.4. The number of nitrogens with zero attached hydrogens (tertiary/aromatic N) is 10. The molecular weight excluding hydrogens is 1590 g/mol. The number of nitrogens with one attached hydrogen (secondary N) is 3. The Morgan fingerprint density at radius 3 is 1.83 bits per heavy atom. The zero-order chi connectivity index (χ0) is 85.0. The molecule has 14 aromatic rings.